The van der Waals surface area contributed by atoms with Gasteiger partial charge in [0.2, 0.25) is 0 Å². The van der Waals surface area contributed by atoms with Gasteiger partial charge in [0, 0.05) is 13.2 Å². The summed E-state index contributed by atoms with van der Waals surface area (Å²) in [4.78, 5) is 0. The van der Waals surface area contributed by atoms with Gasteiger partial charge in [0.1, 0.15) is 0 Å². The first-order chi connectivity index (χ1) is 8.61. The molecule has 0 amide bonds. The van der Waals surface area contributed by atoms with Crippen LogP contribution in [0.15, 0.2) is 30.3 Å². The fourth-order valence-corrected chi connectivity index (χ4v) is 4.86. The third-order valence-corrected chi connectivity index (χ3v) is 6.38. The van der Waals surface area contributed by atoms with Gasteiger partial charge in [0.05, 0.1) is 5.38 Å². The summed E-state index contributed by atoms with van der Waals surface area (Å²) in [6.45, 7) is 7.57. The molecule has 18 heavy (non-hydrogen) atoms. The van der Waals surface area contributed by atoms with Crippen molar-refractivity contribution in [3.05, 3.63) is 35.9 Å². The van der Waals surface area contributed by atoms with Crippen LogP contribution in [0, 0.1) is 0 Å². The zero-order valence-corrected chi connectivity index (χ0v) is 13.2. The minimum absolute atomic E-state index is 0.0407. The van der Waals surface area contributed by atoms with E-state index >= 15 is 0 Å². The molecule has 0 aliphatic heterocycles. The lowest BCUT2D eigenvalue weighted by Crippen LogP contribution is -2.38. The monoisotopic (exact) mass is 286 g/mol. The van der Waals surface area contributed by atoms with Gasteiger partial charge in [0.25, 0.3) is 0 Å². The molecule has 0 fully saturated rings. The zero-order chi connectivity index (χ0) is 13.4. The number of hydrogen-bond acceptors (Lipinski definition) is 2. The Morgan fingerprint density at radius 2 is 1.67 bits per heavy atom. The van der Waals surface area contributed by atoms with Crippen LogP contribution in [0.3, 0.4) is 0 Å². The Morgan fingerprint density at radius 3 is 2.17 bits per heavy atom. The quantitative estimate of drug-likeness (QED) is 0.517. The van der Waals surface area contributed by atoms with E-state index in [9.17, 15) is 0 Å². The van der Waals surface area contributed by atoms with Crippen molar-refractivity contribution in [1.82, 2.24) is 0 Å². The molecular formula is C14H23ClO2Si. The second-order valence-corrected chi connectivity index (χ2v) is 8.29. The predicted molar refractivity (Wildman–Crippen MR) is 79.3 cm³/mol. The average Bonchev–Trinajstić information content (AvgIpc) is 2.38. The van der Waals surface area contributed by atoms with Crippen LogP contribution in [0.5, 0.6) is 0 Å². The minimum Gasteiger partial charge on any atom is -0.395 e. The Balaban J connectivity index is 2.52. The predicted octanol–water partition coefficient (Wildman–Crippen LogP) is 4.50. The van der Waals surface area contributed by atoms with Gasteiger partial charge in [-0.1, -0.05) is 30.3 Å². The molecule has 0 aromatic heterocycles. The fourth-order valence-electron chi connectivity index (χ4n) is 2.01. The van der Waals surface area contributed by atoms with E-state index in [0.717, 1.165) is 12.5 Å². The molecule has 1 rings (SSSR count). The number of rotatable bonds is 8. The molecule has 0 aliphatic carbocycles. The highest BCUT2D eigenvalue weighted by Crippen LogP contribution is 2.29. The molecule has 0 saturated carbocycles. The molecule has 1 aromatic carbocycles. The maximum absolute atomic E-state index is 6.42. The normalized spacial score (nSPS) is 13.6. The third kappa shape index (κ3) is 5.10. The molecule has 0 N–H and O–H groups in total. The van der Waals surface area contributed by atoms with Crippen LogP contribution in [-0.4, -0.2) is 21.8 Å². The highest BCUT2D eigenvalue weighted by atomic mass is 35.5. The van der Waals surface area contributed by atoms with Crippen LogP contribution >= 0.6 is 11.6 Å². The topological polar surface area (TPSA) is 18.5 Å². The molecule has 1 aromatic rings. The van der Waals surface area contributed by atoms with Crippen molar-refractivity contribution < 1.29 is 8.85 Å². The van der Waals surface area contributed by atoms with Crippen LogP contribution in [0.1, 0.15) is 31.2 Å². The molecule has 0 spiro atoms. The van der Waals surface area contributed by atoms with Gasteiger partial charge in [-0.15, -0.1) is 11.6 Å². The Hall–Kier alpha value is -0.353. The lowest BCUT2D eigenvalue weighted by Gasteiger charge is -2.26. The lowest BCUT2D eigenvalue weighted by molar-refractivity contribution is 0.188. The van der Waals surface area contributed by atoms with Crippen LogP contribution in [0.4, 0.5) is 0 Å². The van der Waals surface area contributed by atoms with Crippen LogP contribution in [-0.2, 0) is 8.85 Å². The standard InChI is InChI=1S/C14H23ClO2Si/c1-4-16-18(3,17-5-2)12-11-14(15)13-9-7-6-8-10-13/h6-10,14H,4-5,11-12H2,1-3H3. The van der Waals surface area contributed by atoms with Crippen molar-refractivity contribution in [2.24, 2.45) is 0 Å². The summed E-state index contributed by atoms with van der Waals surface area (Å²) in [5, 5.41) is 0.0407. The van der Waals surface area contributed by atoms with E-state index in [1.54, 1.807) is 0 Å². The molecule has 1 unspecified atom stereocenters. The van der Waals surface area contributed by atoms with Gasteiger partial charge < -0.3 is 8.85 Å². The van der Waals surface area contributed by atoms with Crippen molar-refractivity contribution >= 4 is 20.2 Å². The molecule has 0 saturated heterocycles. The lowest BCUT2D eigenvalue weighted by atomic mass is 10.1. The summed E-state index contributed by atoms with van der Waals surface area (Å²) in [6, 6.07) is 11.1. The summed E-state index contributed by atoms with van der Waals surface area (Å²) >= 11 is 6.42. The summed E-state index contributed by atoms with van der Waals surface area (Å²) in [5.41, 5.74) is 1.17. The van der Waals surface area contributed by atoms with Crippen molar-refractivity contribution in [1.29, 1.82) is 0 Å². The molecule has 4 heteroatoms. The molecule has 0 radical (unpaired) electrons. The average molecular weight is 287 g/mol. The van der Waals surface area contributed by atoms with Crippen LogP contribution in [0.25, 0.3) is 0 Å². The highest BCUT2D eigenvalue weighted by molar-refractivity contribution is 6.66. The van der Waals surface area contributed by atoms with E-state index in [2.05, 4.69) is 18.7 Å². The fraction of sp³-hybridized carbons (Fsp3) is 0.571. The summed E-state index contributed by atoms with van der Waals surface area (Å²) < 4.78 is 11.6. The molecule has 0 aliphatic rings. The zero-order valence-electron chi connectivity index (χ0n) is 11.5. The first kappa shape index (κ1) is 15.7. The first-order valence-electron chi connectivity index (χ1n) is 6.58. The van der Waals surface area contributed by atoms with E-state index in [1.165, 1.54) is 5.56 Å². The number of benzene rings is 1. The SMILES string of the molecule is CCO[Si](C)(CCC(Cl)c1ccccc1)OCC. The smallest absolute Gasteiger partial charge is 0.334 e. The van der Waals surface area contributed by atoms with Crippen molar-refractivity contribution in [3.8, 4) is 0 Å². The Morgan fingerprint density at radius 1 is 1.11 bits per heavy atom. The summed E-state index contributed by atoms with van der Waals surface area (Å²) in [6.07, 6.45) is 0.897. The van der Waals surface area contributed by atoms with E-state index in [-0.39, 0.29) is 5.38 Å². The Kier molecular flexibility index (Phi) is 6.93. The van der Waals surface area contributed by atoms with E-state index in [4.69, 9.17) is 20.5 Å². The van der Waals surface area contributed by atoms with Gasteiger partial charge in [-0.05, 0) is 38.4 Å². The number of halogens is 1. The van der Waals surface area contributed by atoms with E-state index < -0.39 is 8.56 Å². The molecular weight excluding hydrogens is 264 g/mol. The van der Waals surface area contributed by atoms with Crippen molar-refractivity contribution in [2.45, 2.75) is 38.2 Å². The van der Waals surface area contributed by atoms with E-state index in [0.29, 0.717) is 13.2 Å². The van der Waals surface area contributed by atoms with Crippen LogP contribution < -0.4 is 0 Å². The number of hydrogen-bond donors (Lipinski definition) is 0. The van der Waals surface area contributed by atoms with Gasteiger partial charge in [-0.3, -0.25) is 0 Å². The molecule has 0 bridgehead atoms. The van der Waals surface area contributed by atoms with Gasteiger partial charge >= 0.3 is 8.56 Å². The maximum Gasteiger partial charge on any atom is 0.334 e. The van der Waals surface area contributed by atoms with E-state index in [1.807, 2.05) is 32.0 Å². The highest BCUT2D eigenvalue weighted by Gasteiger charge is 2.31. The first-order valence-corrected chi connectivity index (χ1v) is 9.54. The molecule has 0 heterocycles. The minimum atomic E-state index is -2.03. The Bertz CT molecular complexity index is 326. The molecule has 2 nitrogen and oxygen atoms in total. The number of alkyl halides is 1. The molecule has 1 atom stereocenters. The van der Waals surface area contributed by atoms with Crippen molar-refractivity contribution in [2.75, 3.05) is 13.2 Å². The summed E-state index contributed by atoms with van der Waals surface area (Å²) in [5.74, 6) is 0. The van der Waals surface area contributed by atoms with Gasteiger partial charge in [0.15, 0.2) is 0 Å². The largest absolute Gasteiger partial charge is 0.395 e. The Labute approximate surface area is 117 Å². The van der Waals surface area contributed by atoms with Gasteiger partial charge in [-0.2, -0.15) is 0 Å². The summed E-state index contributed by atoms with van der Waals surface area (Å²) in [7, 11) is -2.03. The third-order valence-electron chi connectivity index (χ3n) is 2.91. The van der Waals surface area contributed by atoms with Gasteiger partial charge in [-0.25, -0.2) is 0 Å². The second kappa shape index (κ2) is 7.95. The molecule has 102 valence electrons. The van der Waals surface area contributed by atoms with Crippen molar-refractivity contribution in [3.63, 3.8) is 0 Å². The maximum atomic E-state index is 6.42. The second-order valence-electron chi connectivity index (χ2n) is 4.42. The van der Waals surface area contributed by atoms with Crippen LogP contribution in [0.2, 0.25) is 12.6 Å².